The van der Waals surface area contributed by atoms with Gasteiger partial charge in [0, 0.05) is 6.54 Å². The van der Waals surface area contributed by atoms with Crippen molar-refractivity contribution >= 4 is 21.6 Å². The second-order valence-corrected chi connectivity index (χ2v) is 4.18. The van der Waals surface area contributed by atoms with Gasteiger partial charge in [-0.3, -0.25) is 4.79 Å². The van der Waals surface area contributed by atoms with Gasteiger partial charge in [-0.1, -0.05) is 6.08 Å². The SMILES string of the molecule is C=CCNc1cnn(C(C)C)c(=O)c1Br. The van der Waals surface area contributed by atoms with Crippen molar-refractivity contribution in [3.05, 3.63) is 33.7 Å². The molecule has 1 aromatic rings. The van der Waals surface area contributed by atoms with Crippen molar-refractivity contribution in [2.75, 3.05) is 11.9 Å². The van der Waals surface area contributed by atoms with Crippen molar-refractivity contribution in [1.82, 2.24) is 9.78 Å². The first-order valence-corrected chi connectivity index (χ1v) is 5.49. The topological polar surface area (TPSA) is 46.9 Å². The largest absolute Gasteiger partial charge is 0.379 e. The van der Waals surface area contributed by atoms with Crippen LogP contribution in [0.25, 0.3) is 0 Å². The third-order valence-electron chi connectivity index (χ3n) is 1.87. The van der Waals surface area contributed by atoms with Gasteiger partial charge in [-0.25, -0.2) is 4.68 Å². The van der Waals surface area contributed by atoms with Crippen LogP contribution in [0.3, 0.4) is 0 Å². The number of rotatable bonds is 4. The lowest BCUT2D eigenvalue weighted by Gasteiger charge is -2.11. The first-order chi connectivity index (χ1) is 7.07. The molecule has 1 rings (SSSR count). The van der Waals surface area contributed by atoms with Crippen LogP contribution in [0.15, 0.2) is 28.1 Å². The van der Waals surface area contributed by atoms with E-state index in [9.17, 15) is 4.79 Å². The number of anilines is 1. The molecule has 0 amide bonds. The first-order valence-electron chi connectivity index (χ1n) is 4.70. The summed E-state index contributed by atoms with van der Waals surface area (Å²) >= 11 is 3.26. The molecule has 15 heavy (non-hydrogen) atoms. The van der Waals surface area contributed by atoms with Crippen LogP contribution in [0.4, 0.5) is 5.69 Å². The van der Waals surface area contributed by atoms with E-state index in [-0.39, 0.29) is 11.6 Å². The molecule has 0 unspecified atom stereocenters. The highest BCUT2D eigenvalue weighted by molar-refractivity contribution is 9.10. The highest BCUT2D eigenvalue weighted by Gasteiger charge is 2.09. The zero-order valence-electron chi connectivity index (χ0n) is 8.83. The van der Waals surface area contributed by atoms with Gasteiger partial charge >= 0.3 is 0 Å². The zero-order valence-corrected chi connectivity index (χ0v) is 10.4. The first kappa shape index (κ1) is 12.0. The summed E-state index contributed by atoms with van der Waals surface area (Å²) in [6.07, 6.45) is 3.36. The van der Waals surface area contributed by atoms with Crippen LogP contribution < -0.4 is 10.9 Å². The summed E-state index contributed by atoms with van der Waals surface area (Å²) in [5.41, 5.74) is 0.566. The molecule has 1 heterocycles. The molecule has 0 bridgehead atoms. The third-order valence-corrected chi connectivity index (χ3v) is 2.64. The number of nitrogens with zero attached hydrogens (tertiary/aromatic N) is 2. The van der Waals surface area contributed by atoms with Crippen LogP contribution in [0.1, 0.15) is 19.9 Å². The lowest BCUT2D eigenvalue weighted by Crippen LogP contribution is -2.26. The van der Waals surface area contributed by atoms with Crippen molar-refractivity contribution in [3.63, 3.8) is 0 Å². The van der Waals surface area contributed by atoms with Gasteiger partial charge in [0.05, 0.1) is 17.9 Å². The van der Waals surface area contributed by atoms with Crippen LogP contribution in [0.5, 0.6) is 0 Å². The summed E-state index contributed by atoms with van der Waals surface area (Å²) in [6, 6.07) is 0.0576. The van der Waals surface area contributed by atoms with E-state index in [0.29, 0.717) is 16.7 Å². The van der Waals surface area contributed by atoms with Crippen LogP contribution in [0, 0.1) is 0 Å². The Morgan fingerprint density at radius 2 is 2.40 bits per heavy atom. The predicted octanol–water partition coefficient (Wildman–Crippen LogP) is 2.18. The molecular formula is C10H14BrN3O. The monoisotopic (exact) mass is 271 g/mol. The molecule has 0 saturated heterocycles. The van der Waals surface area contributed by atoms with Gasteiger partial charge in [0.1, 0.15) is 4.47 Å². The lowest BCUT2D eigenvalue weighted by molar-refractivity contribution is 0.501. The maximum absolute atomic E-state index is 11.8. The summed E-state index contributed by atoms with van der Waals surface area (Å²) in [6.45, 7) is 8.02. The Morgan fingerprint density at radius 1 is 1.73 bits per heavy atom. The highest BCUT2D eigenvalue weighted by atomic mass is 79.9. The van der Waals surface area contributed by atoms with E-state index in [1.165, 1.54) is 4.68 Å². The lowest BCUT2D eigenvalue weighted by atomic mass is 10.4. The molecule has 0 radical (unpaired) electrons. The van der Waals surface area contributed by atoms with Crippen LogP contribution in [-0.2, 0) is 0 Å². The van der Waals surface area contributed by atoms with Crippen molar-refractivity contribution in [3.8, 4) is 0 Å². The predicted molar refractivity (Wildman–Crippen MR) is 65.3 cm³/mol. The van der Waals surface area contributed by atoms with Gasteiger partial charge in [-0.15, -0.1) is 6.58 Å². The minimum absolute atomic E-state index is 0.0576. The van der Waals surface area contributed by atoms with E-state index < -0.39 is 0 Å². The standard InChI is InChI=1S/C10H14BrN3O/c1-4-5-12-8-6-13-14(7(2)3)10(15)9(8)11/h4,6-7,12H,1,5H2,2-3H3. The summed E-state index contributed by atoms with van der Waals surface area (Å²) in [7, 11) is 0. The number of hydrogen-bond donors (Lipinski definition) is 1. The normalized spacial score (nSPS) is 10.4. The molecule has 1 aromatic heterocycles. The van der Waals surface area contributed by atoms with Gasteiger partial charge in [-0.05, 0) is 29.8 Å². The van der Waals surface area contributed by atoms with Gasteiger partial charge < -0.3 is 5.32 Å². The average molecular weight is 272 g/mol. The Kier molecular flexibility index (Phi) is 4.08. The molecule has 4 nitrogen and oxygen atoms in total. The van der Waals surface area contributed by atoms with Crippen molar-refractivity contribution in [2.24, 2.45) is 0 Å². The molecule has 0 fully saturated rings. The minimum atomic E-state index is -0.126. The Bertz CT molecular complexity index is 412. The number of nitrogens with one attached hydrogen (secondary N) is 1. The third kappa shape index (κ3) is 2.68. The Balaban J connectivity index is 3.10. The van der Waals surface area contributed by atoms with E-state index in [4.69, 9.17) is 0 Å². The molecule has 0 atom stereocenters. The second kappa shape index (κ2) is 5.11. The molecule has 0 spiro atoms. The minimum Gasteiger partial charge on any atom is -0.379 e. The summed E-state index contributed by atoms with van der Waals surface area (Å²) in [5.74, 6) is 0. The smallest absolute Gasteiger partial charge is 0.283 e. The Labute approximate surface area is 97.1 Å². The van der Waals surface area contributed by atoms with E-state index in [2.05, 4.69) is 32.9 Å². The molecule has 0 aromatic carbocycles. The van der Waals surface area contributed by atoms with Crippen molar-refractivity contribution in [2.45, 2.75) is 19.9 Å². The van der Waals surface area contributed by atoms with E-state index in [0.717, 1.165) is 0 Å². The van der Waals surface area contributed by atoms with E-state index in [1.807, 2.05) is 13.8 Å². The zero-order chi connectivity index (χ0) is 11.4. The molecule has 0 aliphatic rings. The Hall–Kier alpha value is -1.10. The quantitative estimate of drug-likeness (QED) is 0.854. The van der Waals surface area contributed by atoms with Gasteiger partial charge in [0.15, 0.2) is 0 Å². The van der Waals surface area contributed by atoms with Gasteiger partial charge in [0.25, 0.3) is 5.56 Å². The molecule has 0 aliphatic heterocycles. The molecule has 0 aliphatic carbocycles. The number of aromatic nitrogens is 2. The molecule has 82 valence electrons. The summed E-state index contributed by atoms with van der Waals surface area (Å²) < 4.78 is 1.94. The molecule has 1 N–H and O–H groups in total. The molecular weight excluding hydrogens is 258 g/mol. The average Bonchev–Trinajstić information content (AvgIpc) is 2.20. The fraction of sp³-hybridized carbons (Fsp3) is 0.400. The maximum Gasteiger partial charge on any atom is 0.283 e. The van der Waals surface area contributed by atoms with Gasteiger partial charge in [0.2, 0.25) is 0 Å². The summed E-state index contributed by atoms with van der Waals surface area (Å²) in [5, 5.41) is 7.10. The summed E-state index contributed by atoms with van der Waals surface area (Å²) in [4.78, 5) is 11.8. The van der Waals surface area contributed by atoms with E-state index >= 15 is 0 Å². The maximum atomic E-state index is 11.8. The molecule has 5 heteroatoms. The fourth-order valence-electron chi connectivity index (χ4n) is 1.12. The second-order valence-electron chi connectivity index (χ2n) is 3.39. The highest BCUT2D eigenvalue weighted by Crippen LogP contribution is 2.16. The molecule has 0 saturated carbocycles. The van der Waals surface area contributed by atoms with E-state index in [1.54, 1.807) is 12.3 Å². The van der Waals surface area contributed by atoms with Crippen molar-refractivity contribution < 1.29 is 0 Å². The van der Waals surface area contributed by atoms with Crippen molar-refractivity contribution in [1.29, 1.82) is 0 Å². The number of halogens is 1. The van der Waals surface area contributed by atoms with Gasteiger partial charge in [-0.2, -0.15) is 5.10 Å². The van der Waals surface area contributed by atoms with Crippen LogP contribution >= 0.6 is 15.9 Å². The number of hydrogen-bond acceptors (Lipinski definition) is 3. The Morgan fingerprint density at radius 3 is 2.93 bits per heavy atom. The van der Waals surface area contributed by atoms with Crippen LogP contribution in [-0.4, -0.2) is 16.3 Å². The fourth-order valence-corrected chi connectivity index (χ4v) is 1.54. The van der Waals surface area contributed by atoms with Crippen LogP contribution in [0.2, 0.25) is 0 Å².